The Labute approximate surface area is 265 Å². The van der Waals surface area contributed by atoms with Crippen molar-refractivity contribution in [1.29, 1.82) is 0 Å². The zero-order valence-electron chi connectivity index (χ0n) is 23.9. The predicted molar refractivity (Wildman–Crippen MR) is 168 cm³/mol. The molecule has 6 rings (SSSR count). The maximum absolute atomic E-state index is 13.1. The van der Waals surface area contributed by atoms with Crippen LogP contribution in [-0.4, -0.2) is 52.7 Å². The summed E-state index contributed by atoms with van der Waals surface area (Å²) in [6, 6.07) is 17.9. The standard InChI is InChI=1S/C34H30Cl2N4O4/c35-24-10-11-26(29(36)18-24)25-6-2-1-4-23(25)19-37-34(44)39-16-14-21(15-17-39)8-9-22-5-3-7-27-28(22)20-40(33(27)43)30-12-13-31(41)38-32(30)42/h1-7,10-11,18,21,30H,12-17,19-20H2,(H,37,44)(H,38,41,42). The molecule has 1 unspecified atom stereocenters. The number of nitrogens with one attached hydrogen (secondary N) is 2. The smallest absolute Gasteiger partial charge is 0.317 e. The van der Waals surface area contributed by atoms with Gasteiger partial charge in [0.25, 0.3) is 5.91 Å². The van der Waals surface area contributed by atoms with Crippen molar-refractivity contribution in [3.8, 4) is 23.0 Å². The molecule has 0 aliphatic carbocycles. The molecule has 44 heavy (non-hydrogen) atoms. The minimum Gasteiger partial charge on any atom is -0.334 e. The third-order valence-corrected chi connectivity index (χ3v) is 8.99. The molecule has 3 aromatic rings. The Morgan fingerprint density at radius 2 is 1.70 bits per heavy atom. The first-order chi connectivity index (χ1) is 21.3. The van der Waals surface area contributed by atoms with Gasteiger partial charge in [0.2, 0.25) is 11.8 Å². The van der Waals surface area contributed by atoms with Crippen molar-refractivity contribution < 1.29 is 19.2 Å². The fourth-order valence-corrected chi connectivity index (χ4v) is 6.55. The Hall–Kier alpha value is -4.32. The van der Waals surface area contributed by atoms with Gasteiger partial charge in [0, 0.05) is 65.3 Å². The first-order valence-electron chi connectivity index (χ1n) is 14.6. The van der Waals surface area contributed by atoms with Crippen LogP contribution in [-0.2, 0) is 22.7 Å². The molecule has 2 N–H and O–H groups in total. The Bertz CT molecular complexity index is 1720. The molecule has 0 saturated carbocycles. The first-order valence-corrected chi connectivity index (χ1v) is 15.4. The van der Waals surface area contributed by atoms with E-state index in [0.29, 0.717) is 41.7 Å². The highest BCUT2D eigenvalue weighted by atomic mass is 35.5. The number of benzene rings is 3. The van der Waals surface area contributed by atoms with E-state index < -0.39 is 11.9 Å². The number of rotatable bonds is 4. The van der Waals surface area contributed by atoms with Crippen molar-refractivity contribution in [2.24, 2.45) is 5.92 Å². The second kappa shape index (κ2) is 12.7. The molecular weight excluding hydrogens is 599 g/mol. The van der Waals surface area contributed by atoms with E-state index in [1.54, 1.807) is 24.3 Å². The average Bonchev–Trinajstić information content (AvgIpc) is 3.35. The summed E-state index contributed by atoms with van der Waals surface area (Å²) in [5, 5.41) is 6.51. The Balaban J connectivity index is 1.05. The molecule has 8 nitrogen and oxygen atoms in total. The maximum atomic E-state index is 13.1. The van der Waals surface area contributed by atoms with Crippen LogP contribution in [0.1, 0.15) is 52.7 Å². The van der Waals surface area contributed by atoms with Crippen LogP contribution in [0.4, 0.5) is 4.79 Å². The number of fused-ring (bicyclic) bond motifs is 1. The van der Waals surface area contributed by atoms with Crippen LogP contribution >= 0.6 is 23.2 Å². The van der Waals surface area contributed by atoms with Gasteiger partial charge in [0.05, 0.1) is 0 Å². The lowest BCUT2D eigenvalue weighted by Gasteiger charge is -2.30. The highest BCUT2D eigenvalue weighted by molar-refractivity contribution is 6.36. The van der Waals surface area contributed by atoms with Gasteiger partial charge < -0.3 is 15.1 Å². The first kappa shape index (κ1) is 29.7. The van der Waals surface area contributed by atoms with E-state index >= 15 is 0 Å². The third kappa shape index (κ3) is 6.17. The Morgan fingerprint density at radius 1 is 0.932 bits per heavy atom. The van der Waals surface area contributed by atoms with Gasteiger partial charge in [-0.1, -0.05) is 71.4 Å². The lowest BCUT2D eigenvalue weighted by molar-refractivity contribution is -0.136. The van der Waals surface area contributed by atoms with Crippen LogP contribution in [0.3, 0.4) is 0 Å². The van der Waals surface area contributed by atoms with E-state index in [9.17, 15) is 19.2 Å². The fourth-order valence-electron chi connectivity index (χ4n) is 6.04. The van der Waals surface area contributed by atoms with E-state index in [0.717, 1.165) is 40.7 Å². The summed E-state index contributed by atoms with van der Waals surface area (Å²) in [7, 11) is 0. The van der Waals surface area contributed by atoms with Crippen molar-refractivity contribution in [3.63, 3.8) is 0 Å². The van der Waals surface area contributed by atoms with Gasteiger partial charge in [-0.25, -0.2) is 4.79 Å². The minimum atomic E-state index is -0.660. The zero-order chi connectivity index (χ0) is 30.8. The summed E-state index contributed by atoms with van der Waals surface area (Å²) in [5.41, 5.74) is 4.89. The molecule has 3 aliphatic heterocycles. The molecule has 0 radical (unpaired) electrons. The lowest BCUT2D eigenvalue weighted by Crippen LogP contribution is -2.52. The molecule has 1 atom stereocenters. The molecule has 5 amide bonds. The second-order valence-electron chi connectivity index (χ2n) is 11.2. The molecule has 3 heterocycles. The molecule has 3 aromatic carbocycles. The van der Waals surface area contributed by atoms with Crippen LogP contribution in [0.15, 0.2) is 60.7 Å². The summed E-state index contributed by atoms with van der Waals surface area (Å²) >= 11 is 12.5. The summed E-state index contributed by atoms with van der Waals surface area (Å²) in [6.45, 7) is 1.83. The zero-order valence-corrected chi connectivity index (χ0v) is 25.4. The summed E-state index contributed by atoms with van der Waals surface area (Å²) < 4.78 is 0. The lowest BCUT2D eigenvalue weighted by atomic mass is 9.96. The van der Waals surface area contributed by atoms with Crippen LogP contribution in [0, 0.1) is 17.8 Å². The number of halogens is 2. The average molecular weight is 630 g/mol. The van der Waals surface area contributed by atoms with Crippen molar-refractivity contribution in [2.75, 3.05) is 13.1 Å². The number of hydrogen-bond donors (Lipinski definition) is 2. The molecule has 0 bridgehead atoms. The number of piperidine rings is 2. The fraction of sp³-hybridized carbons (Fsp3) is 0.294. The molecule has 0 spiro atoms. The topological polar surface area (TPSA) is 98.8 Å². The normalized spacial score (nSPS) is 18.4. The van der Waals surface area contributed by atoms with Crippen molar-refractivity contribution in [3.05, 3.63) is 93.0 Å². The summed E-state index contributed by atoms with van der Waals surface area (Å²) in [4.78, 5) is 53.4. The van der Waals surface area contributed by atoms with Gasteiger partial charge in [-0.15, -0.1) is 0 Å². The maximum Gasteiger partial charge on any atom is 0.317 e. The van der Waals surface area contributed by atoms with Crippen LogP contribution in [0.25, 0.3) is 11.1 Å². The quantitative estimate of drug-likeness (QED) is 0.299. The van der Waals surface area contributed by atoms with Crippen LogP contribution in [0.2, 0.25) is 10.0 Å². The van der Waals surface area contributed by atoms with Crippen molar-refractivity contribution in [1.82, 2.24) is 20.4 Å². The number of hydrogen-bond acceptors (Lipinski definition) is 4. The number of carbonyl (C=O) groups is 4. The van der Waals surface area contributed by atoms with E-state index in [1.807, 2.05) is 41.3 Å². The second-order valence-corrected chi connectivity index (χ2v) is 12.0. The summed E-state index contributed by atoms with van der Waals surface area (Å²) in [5.74, 6) is 5.80. The number of imide groups is 1. The van der Waals surface area contributed by atoms with E-state index in [1.165, 1.54) is 4.90 Å². The molecular formula is C34H30Cl2N4O4. The molecule has 3 aliphatic rings. The van der Waals surface area contributed by atoms with Crippen molar-refractivity contribution >= 4 is 47.0 Å². The third-order valence-electron chi connectivity index (χ3n) is 8.44. The van der Waals surface area contributed by atoms with Gasteiger partial charge in [-0.3, -0.25) is 19.7 Å². The van der Waals surface area contributed by atoms with E-state index in [-0.39, 0.29) is 36.7 Å². The largest absolute Gasteiger partial charge is 0.334 e. The molecule has 2 saturated heterocycles. The molecule has 2 fully saturated rings. The number of likely N-dealkylation sites (tertiary alicyclic amines) is 1. The molecule has 0 aromatic heterocycles. The van der Waals surface area contributed by atoms with Gasteiger partial charge >= 0.3 is 6.03 Å². The SMILES string of the molecule is O=C1CCC(N2Cc3c(C#CC4CCN(C(=O)NCc5ccccc5-c5ccc(Cl)cc5Cl)CC4)cccc3C2=O)C(=O)N1. The van der Waals surface area contributed by atoms with E-state index in [2.05, 4.69) is 22.5 Å². The van der Waals surface area contributed by atoms with Gasteiger partial charge in [0.1, 0.15) is 6.04 Å². The number of urea groups is 1. The van der Waals surface area contributed by atoms with E-state index in [4.69, 9.17) is 23.2 Å². The van der Waals surface area contributed by atoms with Crippen LogP contribution < -0.4 is 10.6 Å². The Morgan fingerprint density at radius 3 is 2.48 bits per heavy atom. The van der Waals surface area contributed by atoms with Crippen LogP contribution in [0.5, 0.6) is 0 Å². The summed E-state index contributed by atoms with van der Waals surface area (Å²) in [6.07, 6.45) is 2.02. The highest BCUT2D eigenvalue weighted by Crippen LogP contribution is 2.33. The number of nitrogens with zero attached hydrogens (tertiary/aromatic N) is 2. The molecule has 224 valence electrons. The molecule has 10 heteroatoms. The van der Waals surface area contributed by atoms with Crippen molar-refractivity contribution in [2.45, 2.75) is 44.8 Å². The van der Waals surface area contributed by atoms with Gasteiger partial charge in [0.15, 0.2) is 0 Å². The predicted octanol–water partition coefficient (Wildman–Crippen LogP) is 5.39. The van der Waals surface area contributed by atoms with Gasteiger partial charge in [-0.05, 0) is 60.2 Å². The highest BCUT2D eigenvalue weighted by Gasteiger charge is 2.39. The minimum absolute atomic E-state index is 0.117. The number of amides is 5. The van der Waals surface area contributed by atoms with Gasteiger partial charge in [-0.2, -0.15) is 0 Å². The monoisotopic (exact) mass is 628 g/mol. The number of carbonyl (C=O) groups excluding carboxylic acids is 4. The Kier molecular flexibility index (Phi) is 8.60.